The van der Waals surface area contributed by atoms with Gasteiger partial charge in [-0.05, 0) is 6.42 Å². The lowest BCUT2D eigenvalue weighted by atomic mass is 10.5. The van der Waals surface area contributed by atoms with Crippen LogP contribution in [-0.2, 0) is 4.84 Å². The second-order valence-electron chi connectivity index (χ2n) is 1.54. The van der Waals surface area contributed by atoms with Crippen LogP contribution in [0.2, 0.25) is 0 Å². The molecule has 0 unspecified atom stereocenters. The van der Waals surface area contributed by atoms with Crippen molar-refractivity contribution in [2.45, 2.75) is 13.3 Å². The standard InChI is InChI=1S/C4H12N4O/c1-2-3-9-8(7)4(5)6/h2-3,7H2,1H3,(H3,5,6). The molecule has 5 nitrogen and oxygen atoms in total. The van der Waals surface area contributed by atoms with Gasteiger partial charge in [-0.3, -0.25) is 10.2 Å². The summed E-state index contributed by atoms with van der Waals surface area (Å²) in [6.45, 7) is 2.42. The summed E-state index contributed by atoms with van der Waals surface area (Å²) in [5.41, 5.74) is 4.94. The molecule has 0 rings (SSSR count). The van der Waals surface area contributed by atoms with Crippen molar-refractivity contribution in [3.05, 3.63) is 0 Å². The number of nitrogens with zero attached hydrogens (tertiary/aromatic N) is 1. The Balaban J connectivity index is 3.27. The molecular weight excluding hydrogens is 120 g/mol. The molecule has 0 saturated heterocycles. The third kappa shape index (κ3) is 3.75. The number of nitrogens with one attached hydrogen (secondary N) is 1. The van der Waals surface area contributed by atoms with E-state index >= 15 is 0 Å². The predicted octanol–water partition coefficient (Wildman–Crippen LogP) is -0.603. The molecule has 5 N–H and O–H groups in total. The zero-order valence-electron chi connectivity index (χ0n) is 5.42. The highest BCUT2D eigenvalue weighted by molar-refractivity contribution is 5.72. The first-order valence-electron chi connectivity index (χ1n) is 2.70. The van der Waals surface area contributed by atoms with Crippen molar-refractivity contribution < 1.29 is 4.84 Å². The van der Waals surface area contributed by atoms with Crippen molar-refractivity contribution in [3.8, 4) is 0 Å². The van der Waals surface area contributed by atoms with Crippen molar-refractivity contribution in [3.63, 3.8) is 0 Å². The van der Waals surface area contributed by atoms with Gasteiger partial charge in [0.15, 0.2) is 0 Å². The van der Waals surface area contributed by atoms with Crippen molar-refractivity contribution >= 4 is 5.96 Å². The first kappa shape index (κ1) is 8.19. The molecule has 0 spiro atoms. The van der Waals surface area contributed by atoms with Crippen LogP contribution in [0.1, 0.15) is 13.3 Å². The Labute approximate surface area is 54.0 Å². The fourth-order valence-electron chi connectivity index (χ4n) is 0.259. The lowest BCUT2D eigenvalue weighted by Crippen LogP contribution is -2.41. The highest BCUT2D eigenvalue weighted by Crippen LogP contribution is 1.81. The number of hydrogen-bond donors (Lipinski definition) is 3. The Morgan fingerprint density at radius 3 is 2.67 bits per heavy atom. The highest BCUT2D eigenvalue weighted by atomic mass is 16.7. The Hall–Kier alpha value is -0.810. The van der Waals surface area contributed by atoms with E-state index in [2.05, 4.69) is 0 Å². The minimum Gasteiger partial charge on any atom is -0.367 e. The van der Waals surface area contributed by atoms with Crippen molar-refractivity contribution in [1.82, 2.24) is 5.17 Å². The lowest BCUT2D eigenvalue weighted by molar-refractivity contribution is -0.103. The average Bonchev–Trinajstić information content (AvgIpc) is 1.82. The molecule has 0 fully saturated rings. The first-order valence-corrected chi connectivity index (χ1v) is 2.70. The summed E-state index contributed by atoms with van der Waals surface area (Å²) in [6.07, 6.45) is 0.848. The Morgan fingerprint density at radius 2 is 2.33 bits per heavy atom. The van der Waals surface area contributed by atoms with Crippen LogP contribution in [0.4, 0.5) is 0 Å². The molecular formula is C4H12N4O. The smallest absolute Gasteiger partial charge is 0.228 e. The van der Waals surface area contributed by atoms with E-state index in [1.807, 2.05) is 6.92 Å². The van der Waals surface area contributed by atoms with Crippen LogP contribution in [0, 0.1) is 5.41 Å². The van der Waals surface area contributed by atoms with Crippen molar-refractivity contribution in [1.29, 1.82) is 5.41 Å². The summed E-state index contributed by atoms with van der Waals surface area (Å²) in [6, 6.07) is 0. The second kappa shape index (κ2) is 4.11. The average molecular weight is 132 g/mol. The number of rotatable bonds is 3. The van der Waals surface area contributed by atoms with E-state index in [1.165, 1.54) is 0 Å². The van der Waals surface area contributed by atoms with Gasteiger partial charge in [0.25, 0.3) is 0 Å². The Kier molecular flexibility index (Phi) is 3.74. The molecule has 0 aromatic heterocycles. The zero-order valence-corrected chi connectivity index (χ0v) is 5.42. The molecule has 0 aliphatic carbocycles. The third-order valence-electron chi connectivity index (χ3n) is 0.672. The van der Waals surface area contributed by atoms with Crippen LogP contribution in [0.5, 0.6) is 0 Å². The molecule has 54 valence electrons. The lowest BCUT2D eigenvalue weighted by Gasteiger charge is -2.13. The van der Waals surface area contributed by atoms with Gasteiger partial charge < -0.3 is 5.73 Å². The van der Waals surface area contributed by atoms with Gasteiger partial charge in [0.05, 0.1) is 6.61 Å². The largest absolute Gasteiger partial charge is 0.367 e. The van der Waals surface area contributed by atoms with E-state index in [0.29, 0.717) is 6.61 Å². The molecule has 0 aliphatic rings. The minimum absolute atomic E-state index is 0.288. The molecule has 0 aliphatic heterocycles. The van der Waals surface area contributed by atoms with E-state index in [-0.39, 0.29) is 5.96 Å². The predicted molar refractivity (Wildman–Crippen MR) is 34.2 cm³/mol. The van der Waals surface area contributed by atoms with Gasteiger partial charge in [-0.1, -0.05) is 6.92 Å². The van der Waals surface area contributed by atoms with Gasteiger partial charge in [0.1, 0.15) is 0 Å². The highest BCUT2D eigenvalue weighted by Gasteiger charge is 1.96. The van der Waals surface area contributed by atoms with Gasteiger partial charge in [-0.2, -0.15) is 5.17 Å². The normalized spacial score (nSPS) is 9.11. The number of hydroxylamine groups is 1. The quantitative estimate of drug-likeness (QED) is 0.207. The van der Waals surface area contributed by atoms with Gasteiger partial charge in [-0.25, -0.2) is 5.84 Å². The third-order valence-corrected chi connectivity index (χ3v) is 0.672. The zero-order chi connectivity index (χ0) is 7.28. The van der Waals surface area contributed by atoms with Crippen LogP contribution in [0.25, 0.3) is 0 Å². The van der Waals surface area contributed by atoms with Crippen LogP contribution in [-0.4, -0.2) is 17.7 Å². The van der Waals surface area contributed by atoms with E-state index in [1.54, 1.807) is 0 Å². The summed E-state index contributed by atoms with van der Waals surface area (Å²) in [4.78, 5) is 4.71. The van der Waals surface area contributed by atoms with Gasteiger partial charge in [0, 0.05) is 0 Å². The topological polar surface area (TPSA) is 88.4 Å². The molecule has 0 atom stereocenters. The summed E-state index contributed by atoms with van der Waals surface area (Å²) in [5.74, 6) is 4.78. The number of hydrogen-bond acceptors (Lipinski definition) is 3. The maximum atomic E-state index is 6.73. The van der Waals surface area contributed by atoms with Crippen LogP contribution >= 0.6 is 0 Å². The van der Waals surface area contributed by atoms with Crippen molar-refractivity contribution in [2.24, 2.45) is 11.6 Å². The Morgan fingerprint density at radius 1 is 1.78 bits per heavy atom. The van der Waals surface area contributed by atoms with E-state index in [0.717, 1.165) is 11.6 Å². The molecule has 0 amide bonds. The number of nitrogens with two attached hydrogens (primary N) is 2. The molecule has 0 aromatic carbocycles. The molecule has 0 bridgehead atoms. The SMILES string of the molecule is CCCON(N)C(=N)N. The van der Waals surface area contributed by atoms with Gasteiger partial charge in [-0.15, -0.1) is 0 Å². The molecule has 5 heteroatoms. The summed E-state index contributed by atoms with van der Waals surface area (Å²) in [5, 5.41) is 7.47. The summed E-state index contributed by atoms with van der Waals surface area (Å²) < 4.78 is 0. The molecule has 0 heterocycles. The molecule has 0 aromatic rings. The summed E-state index contributed by atoms with van der Waals surface area (Å²) >= 11 is 0. The maximum absolute atomic E-state index is 6.73. The van der Waals surface area contributed by atoms with Crippen LogP contribution < -0.4 is 11.6 Å². The number of hydrazine groups is 1. The van der Waals surface area contributed by atoms with Crippen molar-refractivity contribution in [2.75, 3.05) is 6.61 Å². The van der Waals surface area contributed by atoms with E-state index in [9.17, 15) is 0 Å². The molecule has 0 saturated carbocycles. The monoisotopic (exact) mass is 132 g/mol. The number of guanidine groups is 1. The second-order valence-corrected chi connectivity index (χ2v) is 1.54. The first-order chi connectivity index (χ1) is 4.18. The molecule has 9 heavy (non-hydrogen) atoms. The maximum Gasteiger partial charge on any atom is 0.228 e. The fraction of sp³-hybridized carbons (Fsp3) is 0.750. The van der Waals surface area contributed by atoms with E-state index in [4.69, 9.17) is 21.8 Å². The van der Waals surface area contributed by atoms with Gasteiger partial charge >= 0.3 is 0 Å². The van der Waals surface area contributed by atoms with Crippen LogP contribution in [0.15, 0.2) is 0 Å². The van der Waals surface area contributed by atoms with Gasteiger partial charge in [0.2, 0.25) is 5.96 Å². The van der Waals surface area contributed by atoms with E-state index < -0.39 is 0 Å². The summed E-state index contributed by atoms with van der Waals surface area (Å²) in [7, 11) is 0. The van der Waals surface area contributed by atoms with Crippen LogP contribution in [0.3, 0.4) is 0 Å². The minimum atomic E-state index is -0.288. The molecule has 0 radical (unpaired) electrons. The Bertz CT molecular complexity index is 94.6. The fourth-order valence-corrected chi connectivity index (χ4v) is 0.259.